The molecular weight excluding hydrogens is 599 g/mol. The molecule has 1 atom stereocenters. The number of thiazole rings is 1. The number of hydrogen-bond donors (Lipinski definition) is 0. The molecule has 226 valence electrons. The summed E-state index contributed by atoms with van der Waals surface area (Å²) in [5.74, 6) is -0.504. The van der Waals surface area contributed by atoms with Crippen LogP contribution in [0.1, 0.15) is 24.1 Å². The molecule has 1 aliphatic rings. The van der Waals surface area contributed by atoms with Crippen molar-refractivity contribution in [1.82, 2.24) is 4.57 Å². The van der Waals surface area contributed by atoms with E-state index < -0.39 is 35.0 Å². The number of halogens is 3. The number of aromatic nitrogens is 1. The van der Waals surface area contributed by atoms with E-state index in [1.807, 2.05) is 6.07 Å². The lowest BCUT2D eigenvalue weighted by molar-refractivity contribution is -0.140. The van der Waals surface area contributed by atoms with Gasteiger partial charge >= 0.3 is 12.1 Å². The minimum atomic E-state index is -5.06. The van der Waals surface area contributed by atoms with Crippen LogP contribution in [0.3, 0.4) is 0 Å². The van der Waals surface area contributed by atoms with Crippen LogP contribution in [0, 0.1) is 11.3 Å². The van der Waals surface area contributed by atoms with Crippen LogP contribution in [0.4, 0.5) is 13.2 Å². The van der Waals surface area contributed by atoms with E-state index in [1.165, 1.54) is 27.2 Å². The maximum Gasteiger partial charge on any atom is 0.434 e. The number of carbonyl (C=O) groups is 1. The third-order valence-electron chi connectivity index (χ3n) is 6.80. The minimum absolute atomic E-state index is 0.0485. The van der Waals surface area contributed by atoms with Crippen molar-refractivity contribution in [3.8, 4) is 23.3 Å². The molecule has 13 heteroatoms. The Balaban J connectivity index is 1.84. The summed E-state index contributed by atoms with van der Waals surface area (Å²) in [5, 5.41) is 9.96. The first-order valence-corrected chi connectivity index (χ1v) is 14.0. The summed E-state index contributed by atoms with van der Waals surface area (Å²) in [6.07, 6.45) is -3.58. The fraction of sp³-hybridized carbons (Fsp3) is 0.226. The molecule has 9 nitrogen and oxygen atoms in total. The van der Waals surface area contributed by atoms with Crippen molar-refractivity contribution in [2.24, 2.45) is 4.99 Å². The Hall–Kier alpha value is -5.09. The fourth-order valence-corrected chi connectivity index (χ4v) is 6.00. The number of allylic oxidation sites excluding steroid dienone is 1. The third-order valence-corrected chi connectivity index (χ3v) is 7.78. The first kappa shape index (κ1) is 30.4. The number of esters is 1. The standard InChI is InChI=1S/C31H24F3N3O6S/c1-4-42-29(39)25-26(24-19-8-6-5-7-18(19)10-12-21(24)40-2)37-28(38)23(44-30(37)36-27(25)31(32,33)34)16-17-9-11-20(43-14-13-35)22(15-17)41-3/h5-12,15-16,26H,4,14H2,1-3H3/b23-16-/t26-/m1/s1. The molecule has 0 amide bonds. The van der Waals surface area contributed by atoms with Crippen molar-refractivity contribution >= 4 is 34.2 Å². The number of ether oxygens (including phenoxy) is 4. The summed E-state index contributed by atoms with van der Waals surface area (Å²) in [7, 11) is 2.76. The number of benzene rings is 3. The lowest BCUT2D eigenvalue weighted by Crippen LogP contribution is -2.41. The SMILES string of the molecule is CCOC(=O)C1=C(C(F)(F)F)N=c2s/c(=C\c3ccc(OCC#N)c(OC)c3)c(=O)n2[C@@H]1c1c(OC)ccc2ccccc12. The average molecular weight is 624 g/mol. The normalized spacial score (nSPS) is 14.9. The fourth-order valence-electron chi connectivity index (χ4n) is 5.00. The van der Waals surface area contributed by atoms with Gasteiger partial charge in [0.15, 0.2) is 28.6 Å². The Bertz CT molecular complexity index is 2020. The molecule has 0 spiro atoms. The van der Waals surface area contributed by atoms with Crippen LogP contribution in [0.2, 0.25) is 0 Å². The Morgan fingerprint density at radius 3 is 2.50 bits per heavy atom. The topological polar surface area (TPSA) is 112 Å². The lowest BCUT2D eigenvalue weighted by atomic mass is 9.90. The molecule has 44 heavy (non-hydrogen) atoms. The number of nitriles is 1. The molecule has 0 N–H and O–H groups in total. The first-order chi connectivity index (χ1) is 21.1. The van der Waals surface area contributed by atoms with Gasteiger partial charge in [0.05, 0.1) is 30.9 Å². The second kappa shape index (κ2) is 12.3. The molecule has 0 aliphatic carbocycles. The molecular formula is C31H24F3N3O6S. The van der Waals surface area contributed by atoms with Crippen LogP contribution in [0.25, 0.3) is 16.8 Å². The number of carbonyl (C=O) groups excluding carboxylic acids is 1. The van der Waals surface area contributed by atoms with Gasteiger partial charge in [-0.25, -0.2) is 9.79 Å². The summed E-state index contributed by atoms with van der Waals surface area (Å²) in [5.41, 5.74) is -2.31. The van der Waals surface area contributed by atoms with Gasteiger partial charge in [-0.1, -0.05) is 47.7 Å². The van der Waals surface area contributed by atoms with Gasteiger partial charge in [0.2, 0.25) is 0 Å². The average Bonchev–Trinajstić information content (AvgIpc) is 3.32. The smallest absolute Gasteiger partial charge is 0.434 e. The second-order valence-electron chi connectivity index (χ2n) is 9.32. The number of hydrogen-bond acceptors (Lipinski definition) is 9. The van der Waals surface area contributed by atoms with Crippen molar-refractivity contribution in [2.45, 2.75) is 19.1 Å². The summed E-state index contributed by atoms with van der Waals surface area (Å²) >= 11 is 0.739. The lowest BCUT2D eigenvalue weighted by Gasteiger charge is -2.28. The molecule has 4 aromatic rings. The number of methoxy groups -OCH3 is 2. The molecule has 1 aromatic heterocycles. The van der Waals surface area contributed by atoms with E-state index in [2.05, 4.69) is 4.99 Å². The van der Waals surface area contributed by atoms with Gasteiger partial charge in [-0.3, -0.25) is 9.36 Å². The van der Waals surface area contributed by atoms with Crippen molar-refractivity contribution in [3.05, 3.63) is 96.7 Å². The van der Waals surface area contributed by atoms with Gasteiger partial charge in [-0.15, -0.1) is 0 Å². The Kier molecular flexibility index (Phi) is 8.46. The monoisotopic (exact) mass is 623 g/mol. The van der Waals surface area contributed by atoms with Crippen LogP contribution >= 0.6 is 11.3 Å². The summed E-state index contributed by atoms with van der Waals surface area (Å²) < 4.78 is 66.3. The Morgan fingerprint density at radius 2 is 1.82 bits per heavy atom. The predicted octanol–water partition coefficient (Wildman–Crippen LogP) is 4.41. The number of fused-ring (bicyclic) bond motifs is 2. The molecule has 3 aromatic carbocycles. The summed E-state index contributed by atoms with van der Waals surface area (Å²) in [6.45, 7) is 1.06. The molecule has 0 bridgehead atoms. The zero-order valence-electron chi connectivity index (χ0n) is 23.6. The van der Waals surface area contributed by atoms with E-state index >= 15 is 0 Å². The third kappa shape index (κ3) is 5.51. The van der Waals surface area contributed by atoms with Gasteiger partial charge in [0.25, 0.3) is 5.56 Å². The largest absolute Gasteiger partial charge is 0.496 e. The molecule has 2 heterocycles. The number of alkyl halides is 3. The molecule has 0 radical (unpaired) electrons. The van der Waals surface area contributed by atoms with Gasteiger partial charge < -0.3 is 18.9 Å². The van der Waals surface area contributed by atoms with Crippen molar-refractivity contribution in [3.63, 3.8) is 0 Å². The van der Waals surface area contributed by atoms with Crippen LogP contribution < -0.4 is 29.1 Å². The first-order valence-electron chi connectivity index (χ1n) is 13.2. The van der Waals surface area contributed by atoms with Gasteiger partial charge in [-0.05, 0) is 47.5 Å². The van der Waals surface area contributed by atoms with E-state index in [4.69, 9.17) is 24.2 Å². The van der Waals surface area contributed by atoms with Crippen LogP contribution in [-0.2, 0) is 9.53 Å². The van der Waals surface area contributed by atoms with Crippen LogP contribution in [0.5, 0.6) is 17.2 Å². The molecule has 0 saturated carbocycles. The van der Waals surface area contributed by atoms with Crippen molar-refractivity contribution in [2.75, 3.05) is 27.4 Å². The maximum absolute atomic E-state index is 14.6. The molecule has 0 saturated heterocycles. The highest BCUT2D eigenvalue weighted by atomic mass is 32.1. The highest BCUT2D eigenvalue weighted by molar-refractivity contribution is 7.07. The quantitative estimate of drug-likeness (QED) is 0.267. The number of rotatable bonds is 8. The van der Waals surface area contributed by atoms with Gasteiger partial charge in [0.1, 0.15) is 17.9 Å². The van der Waals surface area contributed by atoms with Gasteiger partial charge in [-0.2, -0.15) is 18.4 Å². The van der Waals surface area contributed by atoms with E-state index in [9.17, 15) is 22.8 Å². The predicted molar refractivity (Wildman–Crippen MR) is 155 cm³/mol. The Labute approximate surface area is 252 Å². The van der Waals surface area contributed by atoms with Crippen molar-refractivity contribution < 1.29 is 36.9 Å². The molecule has 0 fully saturated rings. The molecule has 1 aliphatic heterocycles. The minimum Gasteiger partial charge on any atom is -0.496 e. The van der Waals surface area contributed by atoms with Crippen LogP contribution in [-0.4, -0.2) is 44.1 Å². The zero-order valence-corrected chi connectivity index (χ0v) is 24.4. The number of nitrogens with zero attached hydrogens (tertiary/aromatic N) is 3. The van der Waals surface area contributed by atoms with E-state index in [1.54, 1.807) is 54.6 Å². The summed E-state index contributed by atoms with van der Waals surface area (Å²) in [4.78, 5) is 31.0. The van der Waals surface area contributed by atoms with E-state index in [0.717, 1.165) is 15.9 Å². The van der Waals surface area contributed by atoms with Crippen molar-refractivity contribution in [1.29, 1.82) is 5.26 Å². The molecule has 5 rings (SSSR count). The summed E-state index contributed by atoms with van der Waals surface area (Å²) in [6, 6.07) is 15.2. The van der Waals surface area contributed by atoms with E-state index in [-0.39, 0.29) is 39.6 Å². The maximum atomic E-state index is 14.6. The second-order valence-corrected chi connectivity index (χ2v) is 10.3. The highest BCUT2D eigenvalue weighted by Gasteiger charge is 2.46. The van der Waals surface area contributed by atoms with E-state index in [0.29, 0.717) is 22.1 Å². The molecule has 0 unspecified atom stereocenters. The zero-order chi connectivity index (χ0) is 31.6. The van der Waals surface area contributed by atoms with Crippen LogP contribution in [0.15, 0.2) is 75.7 Å². The van der Waals surface area contributed by atoms with Gasteiger partial charge in [0, 0.05) is 5.56 Å². The Morgan fingerprint density at radius 1 is 1.09 bits per heavy atom. The highest BCUT2D eigenvalue weighted by Crippen LogP contribution is 2.43.